The van der Waals surface area contributed by atoms with Crippen molar-refractivity contribution in [2.75, 3.05) is 16.8 Å². The van der Waals surface area contributed by atoms with Crippen molar-refractivity contribution < 1.29 is 0 Å². The lowest BCUT2D eigenvalue weighted by Crippen LogP contribution is -2.05. The van der Waals surface area contributed by atoms with Crippen LogP contribution in [0.1, 0.15) is 5.69 Å². The van der Waals surface area contributed by atoms with Crippen LogP contribution < -0.4 is 16.8 Å². The number of benzene rings is 2. The van der Waals surface area contributed by atoms with E-state index < -0.39 is 0 Å². The topological polar surface area (TPSA) is 103 Å². The standard InChI is InChI=1S/C18H16N6/c19-17-16-15(23-18(20)24-17)8-7-14(22-16)10-21-13-6-5-11-3-1-2-4-12(11)9-13/h1-9,21H,10H2,(H4,19,20,23,24). The molecule has 2 aromatic heterocycles. The van der Waals surface area contributed by atoms with E-state index in [4.69, 9.17) is 11.5 Å². The predicted molar refractivity (Wildman–Crippen MR) is 97.4 cm³/mol. The molecule has 0 bridgehead atoms. The van der Waals surface area contributed by atoms with Crippen molar-refractivity contribution in [2.24, 2.45) is 0 Å². The van der Waals surface area contributed by atoms with Gasteiger partial charge in [0.15, 0.2) is 5.82 Å². The molecule has 118 valence electrons. The Kier molecular flexibility index (Phi) is 3.35. The minimum absolute atomic E-state index is 0.156. The van der Waals surface area contributed by atoms with Crippen LogP contribution in [0.3, 0.4) is 0 Å². The molecule has 0 aliphatic carbocycles. The average molecular weight is 316 g/mol. The zero-order chi connectivity index (χ0) is 16.5. The Bertz CT molecular complexity index is 1040. The second-order valence-electron chi connectivity index (χ2n) is 5.55. The quantitative estimate of drug-likeness (QED) is 0.537. The third kappa shape index (κ3) is 2.65. The van der Waals surface area contributed by atoms with E-state index in [0.29, 0.717) is 23.4 Å². The maximum atomic E-state index is 5.88. The summed E-state index contributed by atoms with van der Waals surface area (Å²) in [7, 11) is 0. The van der Waals surface area contributed by atoms with E-state index in [-0.39, 0.29) is 5.95 Å². The van der Waals surface area contributed by atoms with Crippen LogP contribution in [-0.4, -0.2) is 15.0 Å². The van der Waals surface area contributed by atoms with Crippen LogP contribution in [-0.2, 0) is 6.54 Å². The van der Waals surface area contributed by atoms with E-state index in [2.05, 4.69) is 50.6 Å². The summed E-state index contributed by atoms with van der Waals surface area (Å²) in [6.45, 7) is 0.581. The minimum atomic E-state index is 0.156. The molecular formula is C18H16N6. The van der Waals surface area contributed by atoms with Crippen molar-refractivity contribution in [1.29, 1.82) is 0 Å². The maximum Gasteiger partial charge on any atom is 0.222 e. The number of nitrogens with zero attached hydrogens (tertiary/aromatic N) is 3. The molecule has 0 aliphatic heterocycles. The molecule has 4 aromatic rings. The molecule has 0 atom stereocenters. The van der Waals surface area contributed by atoms with E-state index in [9.17, 15) is 0 Å². The molecule has 0 unspecified atom stereocenters. The highest BCUT2D eigenvalue weighted by Gasteiger charge is 2.06. The Hall–Kier alpha value is -3.41. The number of nitrogens with one attached hydrogen (secondary N) is 1. The number of aromatic nitrogens is 3. The smallest absolute Gasteiger partial charge is 0.222 e. The summed E-state index contributed by atoms with van der Waals surface area (Å²) in [5, 5.41) is 5.79. The molecule has 0 saturated heterocycles. The fraction of sp³-hybridized carbons (Fsp3) is 0.0556. The van der Waals surface area contributed by atoms with Crippen LogP contribution in [0.25, 0.3) is 21.8 Å². The summed E-state index contributed by atoms with van der Waals surface area (Å²) in [4.78, 5) is 12.6. The highest BCUT2D eigenvalue weighted by Crippen LogP contribution is 2.20. The molecule has 4 rings (SSSR count). The number of nitrogens with two attached hydrogens (primary N) is 2. The van der Waals surface area contributed by atoms with Crippen LogP contribution in [0.15, 0.2) is 54.6 Å². The number of pyridine rings is 1. The predicted octanol–water partition coefficient (Wildman–Crippen LogP) is 2.95. The third-order valence-corrected chi connectivity index (χ3v) is 3.87. The van der Waals surface area contributed by atoms with Gasteiger partial charge in [-0.3, -0.25) is 0 Å². The molecule has 0 fully saturated rings. The Balaban J connectivity index is 1.59. The normalized spacial score (nSPS) is 11.0. The first-order valence-corrected chi connectivity index (χ1v) is 7.60. The van der Waals surface area contributed by atoms with Crippen molar-refractivity contribution in [2.45, 2.75) is 6.54 Å². The van der Waals surface area contributed by atoms with Gasteiger partial charge in [0.25, 0.3) is 0 Å². The van der Waals surface area contributed by atoms with Crippen LogP contribution in [0.4, 0.5) is 17.5 Å². The Labute approximate surface area is 138 Å². The Morgan fingerprint density at radius 2 is 1.67 bits per heavy atom. The number of hydrogen-bond donors (Lipinski definition) is 3. The molecule has 6 heteroatoms. The van der Waals surface area contributed by atoms with Gasteiger partial charge in [-0.2, -0.15) is 4.98 Å². The first-order valence-electron chi connectivity index (χ1n) is 7.60. The lowest BCUT2D eigenvalue weighted by atomic mass is 10.1. The summed E-state index contributed by atoms with van der Waals surface area (Å²) < 4.78 is 0. The number of nitrogen functional groups attached to an aromatic ring is 2. The van der Waals surface area contributed by atoms with Gasteiger partial charge in [-0.15, -0.1) is 0 Å². The Morgan fingerprint density at radius 1 is 0.833 bits per heavy atom. The number of hydrogen-bond acceptors (Lipinski definition) is 6. The molecule has 0 aliphatic rings. The molecular weight excluding hydrogens is 300 g/mol. The van der Waals surface area contributed by atoms with Gasteiger partial charge in [-0.25, -0.2) is 9.97 Å². The highest BCUT2D eigenvalue weighted by atomic mass is 15.1. The monoisotopic (exact) mass is 316 g/mol. The molecule has 0 spiro atoms. The summed E-state index contributed by atoms with van der Waals surface area (Å²) in [6, 6.07) is 18.3. The summed E-state index contributed by atoms with van der Waals surface area (Å²) >= 11 is 0. The third-order valence-electron chi connectivity index (χ3n) is 3.87. The van der Waals surface area contributed by atoms with Gasteiger partial charge in [0.05, 0.1) is 17.8 Å². The summed E-state index contributed by atoms with van der Waals surface area (Å²) in [6.07, 6.45) is 0. The Morgan fingerprint density at radius 3 is 2.54 bits per heavy atom. The number of anilines is 3. The molecule has 6 nitrogen and oxygen atoms in total. The van der Waals surface area contributed by atoms with E-state index in [1.165, 1.54) is 10.8 Å². The van der Waals surface area contributed by atoms with Crippen LogP contribution in [0, 0.1) is 0 Å². The second-order valence-corrected chi connectivity index (χ2v) is 5.55. The molecule has 5 N–H and O–H groups in total. The number of rotatable bonds is 3. The lowest BCUT2D eigenvalue weighted by molar-refractivity contribution is 1.06. The van der Waals surface area contributed by atoms with Crippen molar-refractivity contribution in [3.63, 3.8) is 0 Å². The van der Waals surface area contributed by atoms with Gasteiger partial charge in [0.2, 0.25) is 5.95 Å². The first-order chi connectivity index (χ1) is 11.7. The molecule has 0 saturated carbocycles. The first kappa shape index (κ1) is 14.2. The lowest BCUT2D eigenvalue weighted by Gasteiger charge is -2.09. The maximum absolute atomic E-state index is 5.88. The number of fused-ring (bicyclic) bond motifs is 2. The van der Waals surface area contributed by atoms with Gasteiger partial charge in [0, 0.05) is 5.69 Å². The molecule has 24 heavy (non-hydrogen) atoms. The fourth-order valence-electron chi connectivity index (χ4n) is 2.69. The van der Waals surface area contributed by atoms with Gasteiger partial charge in [0.1, 0.15) is 5.52 Å². The zero-order valence-electron chi connectivity index (χ0n) is 12.9. The van der Waals surface area contributed by atoms with E-state index in [1.807, 2.05) is 24.3 Å². The van der Waals surface area contributed by atoms with Gasteiger partial charge >= 0.3 is 0 Å². The van der Waals surface area contributed by atoms with Crippen LogP contribution >= 0.6 is 0 Å². The zero-order valence-corrected chi connectivity index (χ0v) is 12.9. The van der Waals surface area contributed by atoms with Crippen molar-refractivity contribution >= 4 is 39.3 Å². The molecule has 0 radical (unpaired) electrons. The molecule has 0 amide bonds. The molecule has 2 heterocycles. The summed E-state index contributed by atoms with van der Waals surface area (Å²) in [5.41, 5.74) is 14.6. The SMILES string of the molecule is Nc1nc(N)c2nc(CNc3ccc4ccccc4c3)ccc2n1. The summed E-state index contributed by atoms with van der Waals surface area (Å²) in [5.74, 6) is 0.453. The van der Waals surface area contributed by atoms with Gasteiger partial charge in [-0.05, 0) is 35.0 Å². The van der Waals surface area contributed by atoms with E-state index in [0.717, 1.165) is 11.4 Å². The van der Waals surface area contributed by atoms with Crippen molar-refractivity contribution in [3.05, 3.63) is 60.3 Å². The van der Waals surface area contributed by atoms with E-state index in [1.54, 1.807) is 0 Å². The molecule has 2 aromatic carbocycles. The van der Waals surface area contributed by atoms with E-state index >= 15 is 0 Å². The second kappa shape index (κ2) is 5.66. The highest BCUT2D eigenvalue weighted by molar-refractivity contribution is 5.86. The fourth-order valence-corrected chi connectivity index (χ4v) is 2.69. The van der Waals surface area contributed by atoms with Gasteiger partial charge in [-0.1, -0.05) is 30.3 Å². The van der Waals surface area contributed by atoms with Crippen LogP contribution in [0.2, 0.25) is 0 Å². The van der Waals surface area contributed by atoms with Gasteiger partial charge < -0.3 is 16.8 Å². The van der Waals surface area contributed by atoms with Crippen molar-refractivity contribution in [1.82, 2.24) is 15.0 Å². The minimum Gasteiger partial charge on any atom is -0.382 e. The largest absolute Gasteiger partial charge is 0.382 e. The van der Waals surface area contributed by atoms with Crippen LogP contribution in [0.5, 0.6) is 0 Å². The van der Waals surface area contributed by atoms with Crippen molar-refractivity contribution in [3.8, 4) is 0 Å². The average Bonchev–Trinajstić information content (AvgIpc) is 2.60.